The van der Waals surface area contributed by atoms with Crippen molar-refractivity contribution in [1.82, 2.24) is 9.29 Å². The molecule has 0 spiro atoms. The molecule has 0 fully saturated rings. The lowest BCUT2D eigenvalue weighted by atomic mass is 10.1. The number of H-pyrrole nitrogens is 1. The van der Waals surface area contributed by atoms with Gasteiger partial charge >= 0.3 is 0 Å². The van der Waals surface area contributed by atoms with Crippen molar-refractivity contribution in [2.45, 2.75) is 11.3 Å². The molecule has 0 aliphatic heterocycles. The second-order valence-corrected chi connectivity index (χ2v) is 8.05. The lowest BCUT2D eigenvalue weighted by molar-refractivity contribution is -0.115. The summed E-state index contributed by atoms with van der Waals surface area (Å²) in [5.41, 5.74) is 2.32. The van der Waals surface area contributed by atoms with Crippen molar-refractivity contribution in [3.05, 3.63) is 60.3 Å². The van der Waals surface area contributed by atoms with E-state index < -0.39 is 10.0 Å². The van der Waals surface area contributed by atoms with E-state index in [1.807, 2.05) is 30.5 Å². The maximum atomic E-state index is 12.3. The fourth-order valence-electron chi connectivity index (χ4n) is 2.60. The molecule has 0 saturated carbocycles. The molecule has 0 radical (unpaired) electrons. The Morgan fingerprint density at radius 3 is 2.64 bits per heavy atom. The van der Waals surface area contributed by atoms with Crippen LogP contribution in [0.4, 0.5) is 5.69 Å². The Balaban J connectivity index is 1.78. The van der Waals surface area contributed by atoms with E-state index in [1.165, 1.54) is 26.2 Å². The van der Waals surface area contributed by atoms with Gasteiger partial charge in [-0.2, -0.15) is 0 Å². The Morgan fingerprint density at radius 1 is 1.12 bits per heavy atom. The average Bonchev–Trinajstić information content (AvgIpc) is 2.98. The van der Waals surface area contributed by atoms with Crippen LogP contribution in [0.3, 0.4) is 0 Å². The van der Waals surface area contributed by atoms with Gasteiger partial charge in [0.2, 0.25) is 15.9 Å². The summed E-state index contributed by atoms with van der Waals surface area (Å²) in [7, 11) is -0.597. The number of hydrogen-bond acceptors (Lipinski definition) is 3. The van der Waals surface area contributed by atoms with Crippen LogP contribution < -0.4 is 5.32 Å². The summed E-state index contributed by atoms with van der Waals surface area (Å²) in [6, 6.07) is 14.0. The number of aromatic nitrogens is 1. The van der Waals surface area contributed by atoms with E-state index >= 15 is 0 Å². The maximum absolute atomic E-state index is 12.3. The van der Waals surface area contributed by atoms with Gasteiger partial charge in [-0.25, -0.2) is 12.7 Å². The number of fused-ring (bicyclic) bond motifs is 1. The molecule has 7 heteroatoms. The molecule has 1 amide bonds. The third-order valence-corrected chi connectivity index (χ3v) is 5.73. The number of sulfonamides is 1. The molecule has 6 nitrogen and oxygen atoms in total. The predicted molar refractivity (Wildman–Crippen MR) is 97.9 cm³/mol. The van der Waals surface area contributed by atoms with Crippen molar-refractivity contribution >= 4 is 32.5 Å². The molecule has 1 aromatic heterocycles. The van der Waals surface area contributed by atoms with E-state index in [2.05, 4.69) is 10.3 Å². The van der Waals surface area contributed by atoms with E-state index in [-0.39, 0.29) is 17.2 Å². The van der Waals surface area contributed by atoms with Crippen LogP contribution in [0.2, 0.25) is 0 Å². The molecule has 0 unspecified atom stereocenters. The molecule has 0 aliphatic carbocycles. The standard InChI is InChI=1S/C18H19N3O3S/c1-21(2)25(23,24)15-7-5-6-14(11-15)20-18(22)10-13-12-19-17-9-4-3-8-16(13)17/h3-9,11-12,19H,10H2,1-2H3,(H,20,22). The highest BCUT2D eigenvalue weighted by Gasteiger charge is 2.17. The van der Waals surface area contributed by atoms with Crippen LogP contribution in [0.5, 0.6) is 0 Å². The van der Waals surface area contributed by atoms with Gasteiger partial charge in [0.15, 0.2) is 0 Å². The van der Waals surface area contributed by atoms with E-state index in [0.717, 1.165) is 20.8 Å². The van der Waals surface area contributed by atoms with Crippen molar-refractivity contribution in [2.75, 3.05) is 19.4 Å². The van der Waals surface area contributed by atoms with Crippen LogP contribution in [0, 0.1) is 0 Å². The Labute approximate surface area is 146 Å². The number of para-hydroxylation sites is 1. The summed E-state index contributed by atoms with van der Waals surface area (Å²) in [5.74, 6) is -0.204. The lowest BCUT2D eigenvalue weighted by Gasteiger charge is -2.12. The number of aromatic amines is 1. The molecular formula is C18H19N3O3S. The maximum Gasteiger partial charge on any atom is 0.242 e. The van der Waals surface area contributed by atoms with Crippen LogP contribution in [-0.4, -0.2) is 37.7 Å². The van der Waals surface area contributed by atoms with E-state index in [1.54, 1.807) is 12.1 Å². The summed E-state index contributed by atoms with van der Waals surface area (Å²) in [4.78, 5) is 15.6. The first-order valence-electron chi connectivity index (χ1n) is 7.75. The summed E-state index contributed by atoms with van der Waals surface area (Å²) in [6.07, 6.45) is 2.02. The number of amides is 1. The Bertz CT molecular complexity index is 1020. The molecule has 130 valence electrons. The zero-order chi connectivity index (χ0) is 18.0. The number of anilines is 1. The van der Waals surface area contributed by atoms with Crippen LogP contribution in [0.15, 0.2) is 59.6 Å². The first kappa shape index (κ1) is 17.2. The highest BCUT2D eigenvalue weighted by atomic mass is 32.2. The normalized spacial score (nSPS) is 11.8. The fourth-order valence-corrected chi connectivity index (χ4v) is 3.55. The number of rotatable bonds is 5. The van der Waals surface area contributed by atoms with E-state index in [9.17, 15) is 13.2 Å². The van der Waals surface area contributed by atoms with Gasteiger partial charge in [0.05, 0.1) is 11.3 Å². The number of hydrogen-bond donors (Lipinski definition) is 2. The van der Waals surface area contributed by atoms with Gasteiger partial charge in [-0.05, 0) is 29.8 Å². The number of nitrogens with zero attached hydrogens (tertiary/aromatic N) is 1. The van der Waals surface area contributed by atoms with Gasteiger partial charge in [-0.15, -0.1) is 0 Å². The fraction of sp³-hybridized carbons (Fsp3) is 0.167. The lowest BCUT2D eigenvalue weighted by Crippen LogP contribution is -2.22. The van der Waals surface area contributed by atoms with Crippen LogP contribution in [0.1, 0.15) is 5.56 Å². The zero-order valence-corrected chi connectivity index (χ0v) is 14.8. The quantitative estimate of drug-likeness (QED) is 0.736. The molecule has 0 atom stereocenters. The van der Waals surface area contributed by atoms with Crippen molar-refractivity contribution in [1.29, 1.82) is 0 Å². The monoisotopic (exact) mass is 357 g/mol. The minimum absolute atomic E-state index is 0.141. The predicted octanol–water partition coefficient (Wildman–Crippen LogP) is 2.60. The van der Waals surface area contributed by atoms with Gasteiger partial charge < -0.3 is 10.3 Å². The highest BCUT2D eigenvalue weighted by molar-refractivity contribution is 7.89. The first-order valence-corrected chi connectivity index (χ1v) is 9.19. The number of carbonyl (C=O) groups is 1. The third-order valence-electron chi connectivity index (χ3n) is 3.92. The highest BCUT2D eigenvalue weighted by Crippen LogP contribution is 2.20. The molecule has 1 heterocycles. The largest absolute Gasteiger partial charge is 0.361 e. The van der Waals surface area contributed by atoms with Gasteiger partial charge in [-0.1, -0.05) is 24.3 Å². The Morgan fingerprint density at radius 2 is 1.88 bits per heavy atom. The van der Waals surface area contributed by atoms with Gasteiger partial charge in [0.25, 0.3) is 0 Å². The van der Waals surface area contributed by atoms with E-state index in [4.69, 9.17) is 0 Å². The SMILES string of the molecule is CN(C)S(=O)(=O)c1cccc(NC(=O)Cc2c[nH]c3ccccc23)c1. The number of benzene rings is 2. The van der Waals surface area contributed by atoms with Crippen molar-refractivity contribution in [2.24, 2.45) is 0 Å². The topological polar surface area (TPSA) is 82.3 Å². The summed E-state index contributed by atoms with van der Waals surface area (Å²) in [5, 5.41) is 3.76. The molecular weight excluding hydrogens is 338 g/mol. The average molecular weight is 357 g/mol. The summed E-state index contributed by atoms with van der Waals surface area (Å²) < 4.78 is 25.5. The molecule has 0 aliphatic rings. The Kier molecular flexibility index (Phi) is 4.61. The molecule has 3 aromatic rings. The molecule has 0 bridgehead atoms. The van der Waals surface area contributed by atoms with E-state index in [0.29, 0.717) is 5.69 Å². The first-order chi connectivity index (χ1) is 11.9. The smallest absolute Gasteiger partial charge is 0.242 e. The van der Waals surface area contributed by atoms with Crippen LogP contribution >= 0.6 is 0 Å². The third kappa shape index (κ3) is 3.57. The molecule has 25 heavy (non-hydrogen) atoms. The second kappa shape index (κ2) is 6.70. The minimum atomic E-state index is -3.54. The number of carbonyl (C=O) groups excluding carboxylic acids is 1. The van der Waals surface area contributed by atoms with Gasteiger partial charge in [0.1, 0.15) is 0 Å². The van der Waals surface area contributed by atoms with Crippen LogP contribution in [0.25, 0.3) is 10.9 Å². The minimum Gasteiger partial charge on any atom is -0.361 e. The van der Waals surface area contributed by atoms with Gasteiger partial charge in [-0.3, -0.25) is 4.79 Å². The Hall–Kier alpha value is -2.64. The summed E-state index contributed by atoms with van der Waals surface area (Å²) >= 11 is 0. The molecule has 0 saturated heterocycles. The second-order valence-electron chi connectivity index (χ2n) is 5.90. The van der Waals surface area contributed by atoms with Crippen molar-refractivity contribution in [3.63, 3.8) is 0 Å². The van der Waals surface area contributed by atoms with Crippen LogP contribution in [-0.2, 0) is 21.2 Å². The summed E-state index contributed by atoms with van der Waals surface area (Å²) in [6.45, 7) is 0. The molecule has 2 N–H and O–H groups in total. The number of nitrogens with one attached hydrogen (secondary N) is 2. The molecule has 2 aromatic carbocycles. The van der Waals surface area contributed by atoms with Crippen molar-refractivity contribution in [3.8, 4) is 0 Å². The van der Waals surface area contributed by atoms with Gasteiger partial charge in [0, 0.05) is 36.9 Å². The van der Waals surface area contributed by atoms with Crippen molar-refractivity contribution < 1.29 is 13.2 Å². The molecule has 3 rings (SSSR count). The zero-order valence-electron chi connectivity index (χ0n) is 14.0.